The Morgan fingerprint density at radius 2 is 1.60 bits per heavy atom. The van der Waals surface area contributed by atoms with Crippen molar-refractivity contribution in [2.75, 3.05) is 13.2 Å². The van der Waals surface area contributed by atoms with Crippen molar-refractivity contribution in [3.63, 3.8) is 0 Å². The van der Waals surface area contributed by atoms with Gasteiger partial charge in [-0.1, -0.05) is 30.3 Å². The first-order chi connectivity index (χ1) is 12.1. The number of rotatable bonds is 5. The minimum absolute atomic E-state index is 0.242. The highest BCUT2D eigenvalue weighted by molar-refractivity contribution is 6.08. The second-order valence-electron chi connectivity index (χ2n) is 7.10. The van der Waals surface area contributed by atoms with Gasteiger partial charge in [-0.25, -0.2) is 0 Å². The molecule has 1 aliphatic heterocycles. The van der Waals surface area contributed by atoms with Crippen molar-refractivity contribution in [1.82, 2.24) is 4.90 Å². The summed E-state index contributed by atoms with van der Waals surface area (Å²) in [7, 11) is 0. The minimum atomic E-state index is -0.724. The highest BCUT2D eigenvalue weighted by atomic mass is 16.5. The summed E-state index contributed by atoms with van der Waals surface area (Å²) in [6.07, 6.45) is 2.94. The van der Waals surface area contributed by atoms with E-state index in [0.717, 1.165) is 24.2 Å². The third-order valence-electron chi connectivity index (χ3n) is 5.77. The van der Waals surface area contributed by atoms with E-state index in [1.165, 1.54) is 0 Å². The Kier molecular flexibility index (Phi) is 3.90. The summed E-state index contributed by atoms with van der Waals surface area (Å²) in [5.74, 6) is -1.45. The Balaban J connectivity index is 1.35. The summed E-state index contributed by atoms with van der Waals surface area (Å²) in [6.45, 7) is -0.788. The van der Waals surface area contributed by atoms with Gasteiger partial charge in [-0.05, 0) is 31.1 Å². The van der Waals surface area contributed by atoms with Crippen molar-refractivity contribution in [2.45, 2.75) is 19.3 Å². The van der Waals surface area contributed by atoms with Gasteiger partial charge in [0.15, 0.2) is 12.4 Å². The molecule has 0 spiro atoms. The van der Waals surface area contributed by atoms with Gasteiger partial charge >= 0.3 is 5.97 Å². The van der Waals surface area contributed by atoms with Crippen molar-refractivity contribution < 1.29 is 23.9 Å². The number of amides is 2. The van der Waals surface area contributed by atoms with E-state index in [1.54, 1.807) is 30.3 Å². The van der Waals surface area contributed by atoms with Gasteiger partial charge in [0.2, 0.25) is 11.8 Å². The van der Waals surface area contributed by atoms with Crippen LogP contribution in [0.4, 0.5) is 0 Å². The number of fused-ring (bicyclic) bond motifs is 5. The highest BCUT2D eigenvalue weighted by Gasteiger charge is 2.61. The van der Waals surface area contributed by atoms with Gasteiger partial charge < -0.3 is 4.74 Å². The molecule has 2 saturated carbocycles. The molecule has 1 saturated heterocycles. The number of benzene rings is 1. The number of imide groups is 1. The van der Waals surface area contributed by atoms with Crippen LogP contribution in [0.15, 0.2) is 30.3 Å². The number of ketones is 1. The molecular formula is C19H19NO5. The number of ether oxygens (including phenoxy) is 1. The van der Waals surface area contributed by atoms with E-state index in [-0.39, 0.29) is 41.3 Å². The topological polar surface area (TPSA) is 80.8 Å². The second kappa shape index (κ2) is 6.10. The third-order valence-corrected chi connectivity index (χ3v) is 5.77. The Labute approximate surface area is 145 Å². The van der Waals surface area contributed by atoms with Gasteiger partial charge in [0.25, 0.3) is 0 Å². The molecule has 3 fully saturated rings. The largest absolute Gasteiger partial charge is 0.456 e. The lowest BCUT2D eigenvalue weighted by molar-refractivity contribution is -0.152. The van der Waals surface area contributed by atoms with Gasteiger partial charge in [0.1, 0.15) is 6.54 Å². The molecule has 1 aromatic rings. The molecule has 1 aromatic carbocycles. The van der Waals surface area contributed by atoms with Crippen LogP contribution in [0.3, 0.4) is 0 Å². The Morgan fingerprint density at radius 1 is 1.00 bits per heavy atom. The van der Waals surface area contributed by atoms with Crippen LogP contribution in [0, 0.1) is 23.7 Å². The van der Waals surface area contributed by atoms with E-state index in [9.17, 15) is 19.2 Å². The van der Waals surface area contributed by atoms with Gasteiger partial charge in [-0.2, -0.15) is 0 Å². The molecule has 130 valence electrons. The lowest BCUT2D eigenvalue weighted by atomic mass is 9.81. The Hall–Kier alpha value is -2.50. The molecule has 4 rings (SSSR count). The molecule has 0 aromatic heterocycles. The fourth-order valence-electron chi connectivity index (χ4n) is 4.65. The number of nitrogens with zero attached hydrogens (tertiary/aromatic N) is 1. The SMILES string of the molecule is O=C(CN1C(=O)[C@@H]2[C@@H]3CC[C@H](C3)[C@@H]2C1=O)OCC(=O)c1ccccc1. The van der Waals surface area contributed by atoms with Crippen LogP contribution in [0.25, 0.3) is 0 Å². The van der Waals surface area contributed by atoms with Gasteiger partial charge in [0.05, 0.1) is 11.8 Å². The zero-order valence-corrected chi connectivity index (χ0v) is 13.7. The first kappa shape index (κ1) is 16.0. The van der Waals surface area contributed by atoms with E-state index in [2.05, 4.69) is 0 Å². The molecule has 6 nitrogen and oxygen atoms in total. The van der Waals surface area contributed by atoms with Crippen LogP contribution >= 0.6 is 0 Å². The summed E-state index contributed by atoms with van der Waals surface area (Å²) < 4.78 is 4.97. The maximum Gasteiger partial charge on any atom is 0.326 e. The number of carbonyl (C=O) groups is 4. The Bertz CT molecular complexity index is 715. The molecule has 1 heterocycles. The molecule has 2 amide bonds. The van der Waals surface area contributed by atoms with Crippen LogP contribution in [-0.2, 0) is 19.1 Å². The van der Waals surface area contributed by atoms with E-state index >= 15 is 0 Å². The third kappa shape index (κ3) is 2.65. The summed E-state index contributed by atoms with van der Waals surface area (Å²) in [6, 6.07) is 8.52. The normalized spacial score (nSPS) is 29.8. The molecule has 0 N–H and O–H groups in total. The maximum atomic E-state index is 12.5. The lowest BCUT2D eigenvalue weighted by Gasteiger charge is -2.19. The molecule has 25 heavy (non-hydrogen) atoms. The zero-order valence-electron chi connectivity index (χ0n) is 13.7. The van der Waals surface area contributed by atoms with Crippen LogP contribution in [0.1, 0.15) is 29.6 Å². The zero-order chi connectivity index (χ0) is 17.6. The van der Waals surface area contributed by atoms with E-state index in [1.807, 2.05) is 0 Å². The number of likely N-dealkylation sites (tertiary alicyclic amines) is 1. The molecule has 2 bridgehead atoms. The smallest absolute Gasteiger partial charge is 0.326 e. The quantitative estimate of drug-likeness (QED) is 0.460. The van der Waals surface area contributed by atoms with Gasteiger partial charge in [0, 0.05) is 5.56 Å². The van der Waals surface area contributed by atoms with Crippen molar-refractivity contribution in [2.24, 2.45) is 23.7 Å². The summed E-state index contributed by atoms with van der Waals surface area (Å²) in [4.78, 5) is 50.0. The molecule has 4 atom stereocenters. The molecule has 3 aliphatic rings. The number of hydrogen-bond donors (Lipinski definition) is 0. The van der Waals surface area contributed by atoms with Crippen LogP contribution in [0.2, 0.25) is 0 Å². The van der Waals surface area contributed by atoms with Crippen LogP contribution < -0.4 is 0 Å². The van der Waals surface area contributed by atoms with Crippen molar-refractivity contribution in [1.29, 1.82) is 0 Å². The molecular weight excluding hydrogens is 322 g/mol. The standard InChI is InChI=1S/C19H19NO5/c21-14(11-4-2-1-3-5-11)10-25-15(22)9-20-18(23)16-12-6-7-13(8-12)17(16)19(20)24/h1-5,12-13,16-17H,6-10H2/t12-,13-,16-,17+/m1/s1. The second-order valence-corrected chi connectivity index (χ2v) is 7.10. The van der Waals surface area contributed by atoms with Crippen LogP contribution in [0.5, 0.6) is 0 Å². The number of hydrogen-bond acceptors (Lipinski definition) is 5. The van der Waals surface area contributed by atoms with E-state index in [4.69, 9.17) is 4.74 Å². The first-order valence-electron chi connectivity index (χ1n) is 8.65. The molecule has 6 heteroatoms. The molecule has 2 aliphatic carbocycles. The predicted octanol–water partition coefficient (Wildman–Crippen LogP) is 1.44. The Morgan fingerprint density at radius 3 is 2.20 bits per heavy atom. The average molecular weight is 341 g/mol. The van der Waals surface area contributed by atoms with Crippen molar-refractivity contribution >= 4 is 23.6 Å². The summed E-state index contributed by atoms with van der Waals surface area (Å²) in [5.41, 5.74) is 0.453. The predicted molar refractivity (Wildman–Crippen MR) is 86.3 cm³/mol. The first-order valence-corrected chi connectivity index (χ1v) is 8.65. The van der Waals surface area contributed by atoms with Gasteiger partial charge in [-0.3, -0.25) is 24.1 Å². The van der Waals surface area contributed by atoms with Crippen molar-refractivity contribution in [3.05, 3.63) is 35.9 Å². The monoisotopic (exact) mass is 341 g/mol. The fraction of sp³-hybridized carbons (Fsp3) is 0.474. The van der Waals surface area contributed by atoms with Gasteiger partial charge in [-0.15, -0.1) is 0 Å². The average Bonchev–Trinajstić information content (AvgIpc) is 3.30. The summed E-state index contributed by atoms with van der Waals surface area (Å²) in [5, 5.41) is 0. The number of esters is 1. The van der Waals surface area contributed by atoms with Crippen molar-refractivity contribution in [3.8, 4) is 0 Å². The fourth-order valence-corrected chi connectivity index (χ4v) is 4.65. The van der Waals surface area contributed by atoms with E-state index in [0.29, 0.717) is 5.56 Å². The number of Topliss-reactive ketones (excluding diaryl/α,β-unsaturated/α-hetero) is 1. The molecule has 0 radical (unpaired) electrons. The highest BCUT2D eigenvalue weighted by Crippen LogP contribution is 2.56. The number of carbonyl (C=O) groups excluding carboxylic acids is 4. The summed E-state index contributed by atoms with van der Waals surface area (Å²) >= 11 is 0. The minimum Gasteiger partial charge on any atom is -0.456 e. The van der Waals surface area contributed by atoms with Crippen LogP contribution in [-0.4, -0.2) is 41.6 Å². The maximum absolute atomic E-state index is 12.5. The lowest BCUT2D eigenvalue weighted by Crippen LogP contribution is -2.38. The molecule has 0 unspecified atom stereocenters. The van der Waals surface area contributed by atoms with E-state index < -0.39 is 19.1 Å².